The van der Waals surface area contributed by atoms with Crippen LogP contribution in [0.4, 0.5) is 0 Å². The van der Waals surface area contributed by atoms with Crippen LogP contribution in [0, 0.1) is 31.6 Å². The quantitative estimate of drug-likeness (QED) is 0.889. The van der Waals surface area contributed by atoms with Gasteiger partial charge >= 0.3 is 0 Å². The van der Waals surface area contributed by atoms with E-state index in [2.05, 4.69) is 16.8 Å². The molecular formula is C18H26N2O. The van der Waals surface area contributed by atoms with E-state index in [9.17, 15) is 4.79 Å². The molecule has 1 amide bonds. The van der Waals surface area contributed by atoms with Crippen LogP contribution in [0.3, 0.4) is 0 Å². The second kappa shape index (κ2) is 4.37. The van der Waals surface area contributed by atoms with Gasteiger partial charge in [-0.2, -0.15) is 0 Å². The maximum atomic E-state index is 12.8. The lowest BCUT2D eigenvalue weighted by Gasteiger charge is -2.56. The van der Waals surface area contributed by atoms with Crippen molar-refractivity contribution in [3.05, 3.63) is 23.0 Å². The molecule has 114 valence electrons. The first-order valence-corrected chi connectivity index (χ1v) is 8.41. The summed E-state index contributed by atoms with van der Waals surface area (Å²) in [5.41, 5.74) is 3.21. The molecule has 0 aromatic carbocycles. The molecule has 4 aliphatic rings. The molecule has 1 aromatic rings. The first-order valence-electron chi connectivity index (χ1n) is 8.41. The number of amides is 1. The van der Waals surface area contributed by atoms with Crippen LogP contribution < -0.4 is 5.32 Å². The van der Waals surface area contributed by atoms with E-state index in [1.165, 1.54) is 38.5 Å². The van der Waals surface area contributed by atoms with Crippen molar-refractivity contribution in [2.75, 3.05) is 0 Å². The zero-order valence-electron chi connectivity index (χ0n) is 13.4. The van der Waals surface area contributed by atoms with E-state index in [0.717, 1.165) is 34.7 Å². The molecule has 4 saturated carbocycles. The minimum absolute atomic E-state index is 0.113. The average molecular weight is 286 g/mol. The number of aryl methyl sites for hydroxylation is 1. The largest absolute Gasteiger partial charge is 0.351 e. The zero-order valence-corrected chi connectivity index (χ0v) is 13.4. The molecule has 3 nitrogen and oxygen atoms in total. The van der Waals surface area contributed by atoms with Crippen molar-refractivity contribution in [2.45, 2.75) is 57.9 Å². The second-order valence-corrected chi connectivity index (χ2v) is 8.00. The number of hydrogen-bond acceptors (Lipinski definition) is 1. The number of carbonyl (C=O) groups excluding carboxylic acids is 1. The topological polar surface area (TPSA) is 34.0 Å². The molecule has 0 atom stereocenters. The lowest BCUT2D eigenvalue weighted by atomic mass is 9.53. The molecule has 0 radical (unpaired) electrons. The Morgan fingerprint density at radius 1 is 1.14 bits per heavy atom. The third-order valence-corrected chi connectivity index (χ3v) is 6.44. The Hall–Kier alpha value is -1.25. The number of carbonyl (C=O) groups is 1. The summed E-state index contributed by atoms with van der Waals surface area (Å²) < 4.78 is 2.11. The van der Waals surface area contributed by atoms with Gasteiger partial charge in [0.2, 0.25) is 0 Å². The fourth-order valence-corrected chi connectivity index (χ4v) is 5.66. The zero-order chi connectivity index (χ0) is 14.8. The van der Waals surface area contributed by atoms with Crippen molar-refractivity contribution in [2.24, 2.45) is 24.8 Å². The highest BCUT2D eigenvalue weighted by atomic mass is 16.1. The van der Waals surface area contributed by atoms with Crippen molar-refractivity contribution in [1.82, 2.24) is 9.88 Å². The molecule has 1 aromatic heterocycles. The van der Waals surface area contributed by atoms with Crippen LogP contribution in [-0.4, -0.2) is 16.0 Å². The van der Waals surface area contributed by atoms with Crippen molar-refractivity contribution in [3.63, 3.8) is 0 Å². The van der Waals surface area contributed by atoms with Gasteiger partial charge < -0.3 is 9.88 Å². The standard InChI is InChI=1S/C18H26N2O/c1-11-4-16(12(2)20(11)3)17(21)19-18-8-13-5-14(9-18)7-15(6-13)10-18/h4,13-15H,5-10H2,1-3H3,(H,19,21). The molecule has 0 saturated heterocycles. The molecule has 1 heterocycles. The van der Waals surface area contributed by atoms with Crippen LogP contribution in [0.15, 0.2) is 6.07 Å². The number of hydrogen-bond donors (Lipinski definition) is 1. The van der Waals surface area contributed by atoms with E-state index in [1.807, 2.05) is 20.0 Å². The average Bonchev–Trinajstić information content (AvgIpc) is 2.64. The minimum Gasteiger partial charge on any atom is -0.351 e. The summed E-state index contributed by atoms with van der Waals surface area (Å²) in [5.74, 6) is 2.76. The molecule has 4 fully saturated rings. The summed E-state index contributed by atoms with van der Waals surface area (Å²) in [7, 11) is 2.03. The van der Waals surface area contributed by atoms with Crippen molar-refractivity contribution in [3.8, 4) is 0 Å². The number of nitrogens with one attached hydrogen (secondary N) is 1. The Morgan fingerprint density at radius 3 is 2.10 bits per heavy atom. The van der Waals surface area contributed by atoms with Gasteiger partial charge in [0.25, 0.3) is 5.91 Å². The Bertz CT molecular complexity index is 563. The van der Waals surface area contributed by atoms with Gasteiger partial charge in [-0.3, -0.25) is 4.79 Å². The number of rotatable bonds is 2. The molecule has 3 heteroatoms. The van der Waals surface area contributed by atoms with E-state index in [0.29, 0.717) is 0 Å². The lowest BCUT2D eigenvalue weighted by molar-refractivity contribution is -0.0167. The number of nitrogens with zero attached hydrogens (tertiary/aromatic N) is 1. The molecule has 0 spiro atoms. The van der Waals surface area contributed by atoms with Gasteiger partial charge in [0.05, 0.1) is 5.56 Å². The van der Waals surface area contributed by atoms with Crippen LogP contribution in [-0.2, 0) is 7.05 Å². The molecule has 5 rings (SSSR count). The summed E-state index contributed by atoms with van der Waals surface area (Å²) >= 11 is 0. The maximum Gasteiger partial charge on any atom is 0.253 e. The van der Waals surface area contributed by atoms with E-state index in [1.54, 1.807) is 0 Å². The van der Waals surface area contributed by atoms with E-state index >= 15 is 0 Å². The fraction of sp³-hybridized carbons (Fsp3) is 0.722. The maximum absolute atomic E-state index is 12.8. The van der Waals surface area contributed by atoms with Gasteiger partial charge in [0.15, 0.2) is 0 Å². The first-order chi connectivity index (χ1) is 9.96. The highest BCUT2D eigenvalue weighted by Crippen LogP contribution is 2.55. The van der Waals surface area contributed by atoms with E-state index in [4.69, 9.17) is 0 Å². The van der Waals surface area contributed by atoms with Gasteiger partial charge in [-0.05, 0) is 76.2 Å². The Balaban J connectivity index is 1.58. The summed E-state index contributed by atoms with van der Waals surface area (Å²) in [5, 5.41) is 3.47. The SMILES string of the molecule is Cc1cc(C(=O)NC23CC4CC(CC(C4)C2)C3)c(C)n1C. The molecular weight excluding hydrogens is 260 g/mol. The number of aromatic nitrogens is 1. The smallest absolute Gasteiger partial charge is 0.253 e. The van der Waals surface area contributed by atoms with Crippen LogP contribution >= 0.6 is 0 Å². The molecule has 0 unspecified atom stereocenters. The normalized spacial score (nSPS) is 37.0. The Morgan fingerprint density at radius 2 is 1.67 bits per heavy atom. The van der Waals surface area contributed by atoms with E-state index < -0.39 is 0 Å². The van der Waals surface area contributed by atoms with Crippen molar-refractivity contribution >= 4 is 5.91 Å². The van der Waals surface area contributed by atoms with E-state index in [-0.39, 0.29) is 11.4 Å². The van der Waals surface area contributed by atoms with Crippen LogP contribution in [0.2, 0.25) is 0 Å². The first kappa shape index (κ1) is 13.4. The summed E-state index contributed by atoms with van der Waals surface area (Å²) in [6.07, 6.45) is 7.90. The third kappa shape index (κ3) is 2.04. The summed E-state index contributed by atoms with van der Waals surface area (Å²) in [4.78, 5) is 12.8. The summed E-state index contributed by atoms with van der Waals surface area (Å²) in [6.45, 7) is 4.11. The monoisotopic (exact) mass is 286 g/mol. The van der Waals surface area contributed by atoms with Gasteiger partial charge in [-0.25, -0.2) is 0 Å². The van der Waals surface area contributed by atoms with Gasteiger partial charge in [0.1, 0.15) is 0 Å². The third-order valence-electron chi connectivity index (χ3n) is 6.44. The molecule has 4 bridgehead atoms. The molecule has 4 aliphatic carbocycles. The molecule has 0 aliphatic heterocycles. The summed E-state index contributed by atoms with van der Waals surface area (Å²) in [6, 6.07) is 2.03. The predicted molar refractivity (Wildman–Crippen MR) is 83.3 cm³/mol. The van der Waals surface area contributed by atoms with Crippen LogP contribution in [0.5, 0.6) is 0 Å². The van der Waals surface area contributed by atoms with Crippen molar-refractivity contribution < 1.29 is 4.79 Å². The second-order valence-electron chi connectivity index (χ2n) is 8.00. The Labute approximate surface area is 127 Å². The Kier molecular flexibility index (Phi) is 2.79. The predicted octanol–water partition coefficient (Wildman–Crippen LogP) is 3.34. The highest BCUT2D eigenvalue weighted by molar-refractivity contribution is 5.96. The van der Waals surface area contributed by atoms with Gasteiger partial charge in [-0.1, -0.05) is 0 Å². The molecule has 21 heavy (non-hydrogen) atoms. The van der Waals surface area contributed by atoms with Crippen molar-refractivity contribution in [1.29, 1.82) is 0 Å². The highest BCUT2D eigenvalue weighted by Gasteiger charge is 2.51. The molecule has 1 N–H and O–H groups in total. The van der Waals surface area contributed by atoms with Crippen LogP contribution in [0.1, 0.15) is 60.3 Å². The van der Waals surface area contributed by atoms with Crippen LogP contribution in [0.25, 0.3) is 0 Å². The van der Waals surface area contributed by atoms with Gasteiger partial charge in [-0.15, -0.1) is 0 Å². The van der Waals surface area contributed by atoms with Gasteiger partial charge in [0, 0.05) is 24.0 Å². The lowest BCUT2D eigenvalue weighted by Crippen LogP contribution is -2.59. The minimum atomic E-state index is 0.113. The fourth-order valence-electron chi connectivity index (χ4n) is 5.66.